The van der Waals surface area contributed by atoms with Crippen molar-refractivity contribution < 1.29 is 9.90 Å². The number of nitrogens with zero attached hydrogens (tertiary/aromatic N) is 1. The predicted octanol–water partition coefficient (Wildman–Crippen LogP) is 4.80. The molecule has 128 valence electrons. The zero-order valence-electron chi connectivity index (χ0n) is 13.8. The molecule has 0 aliphatic rings. The van der Waals surface area contributed by atoms with E-state index in [1.54, 1.807) is 0 Å². The van der Waals surface area contributed by atoms with Gasteiger partial charge in [-0.15, -0.1) is 0 Å². The van der Waals surface area contributed by atoms with Crippen molar-refractivity contribution in [3.63, 3.8) is 0 Å². The molecule has 0 aromatic heterocycles. The SMILES string of the molecule is CCN(CC)C(=O)C(Cc1cc(I)c(O)c(I)c1)c1ccccc1. The fraction of sp³-hybridized carbons (Fsp3) is 0.316. The first-order valence-electron chi connectivity index (χ1n) is 7.98. The van der Waals surface area contributed by atoms with Crippen LogP contribution < -0.4 is 0 Å². The molecule has 2 aromatic carbocycles. The lowest BCUT2D eigenvalue weighted by atomic mass is 9.90. The van der Waals surface area contributed by atoms with Gasteiger partial charge >= 0.3 is 0 Å². The minimum absolute atomic E-state index is 0.157. The van der Waals surface area contributed by atoms with Gasteiger partial charge in [0, 0.05) is 13.1 Å². The monoisotopic (exact) mass is 549 g/mol. The molecule has 0 bridgehead atoms. The molecule has 0 aliphatic heterocycles. The van der Waals surface area contributed by atoms with Gasteiger partial charge in [-0.05, 0) is 88.7 Å². The van der Waals surface area contributed by atoms with Crippen LogP contribution in [-0.4, -0.2) is 29.0 Å². The van der Waals surface area contributed by atoms with Crippen LogP contribution in [0.3, 0.4) is 0 Å². The van der Waals surface area contributed by atoms with Gasteiger partial charge in [0.25, 0.3) is 0 Å². The van der Waals surface area contributed by atoms with Gasteiger partial charge in [-0.25, -0.2) is 0 Å². The van der Waals surface area contributed by atoms with E-state index in [1.807, 2.05) is 61.2 Å². The molecular formula is C19H21I2NO2. The molecule has 0 fully saturated rings. The molecule has 2 rings (SSSR count). The molecule has 0 radical (unpaired) electrons. The number of phenols is 1. The minimum atomic E-state index is -0.206. The van der Waals surface area contributed by atoms with E-state index in [4.69, 9.17) is 0 Å². The number of rotatable bonds is 6. The van der Waals surface area contributed by atoms with Gasteiger partial charge in [-0.2, -0.15) is 0 Å². The van der Waals surface area contributed by atoms with Gasteiger partial charge in [0.05, 0.1) is 13.1 Å². The Hall–Kier alpha value is -0.830. The Morgan fingerprint density at radius 1 is 1.08 bits per heavy atom. The van der Waals surface area contributed by atoms with Gasteiger partial charge in [0.15, 0.2) is 0 Å². The maximum Gasteiger partial charge on any atom is 0.230 e. The third kappa shape index (κ3) is 4.62. The van der Waals surface area contributed by atoms with Crippen molar-refractivity contribution >= 4 is 51.1 Å². The molecule has 1 atom stereocenters. The molecular weight excluding hydrogens is 528 g/mol. The summed E-state index contributed by atoms with van der Waals surface area (Å²) in [5.74, 6) is 0.262. The molecule has 2 aromatic rings. The van der Waals surface area contributed by atoms with E-state index in [2.05, 4.69) is 45.2 Å². The average Bonchev–Trinajstić information content (AvgIpc) is 2.59. The van der Waals surface area contributed by atoms with Gasteiger partial charge in [0.1, 0.15) is 5.75 Å². The van der Waals surface area contributed by atoms with E-state index in [0.29, 0.717) is 25.3 Å². The molecule has 0 saturated heterocycles. The quantitative estimate of drug-likeness (QED) is 0.527. The zero-order valence-corrected chi connectivity index (χ0v) is 18.1. The third-order valence-corrected chi connectivity index (χ3v) is 5.74. The molecule has 24 heavy (non-hydrogen) atoms. The zero-order chi connectivity index (χ0) is 17.7. The first-order valence-corrected chi connectivity index (χ1v) is 10.1. The number of carbonyl (C=O) groups excluding carboxylic acids is 1. The average molecular weight is 549 g/mol. The summed E-state index contributed by atoms with van der Waals surface area (Å²) in [5, 5.41) is 9.97. The fourth-order valence-corrected chi connectivity index (χ4v) is 4.66. The predicted molar refractivity (Wildman–Crippen MR) is 114 cm³/mol. The van der Waals surface area contributed by atoms with Crippen molar-refractivity contribution in [3.05, 3.63) is 60.7 Å². The standard InChI is InChI=1S/C19H21I2NO2/c1-3-22(4-2)19(24)15(14-8-6-5-7-9-14)10-13-11-16(20)18(23)17(21)12-13/h5-9,11-12,15,23H,3-4,10H2,1-2H3. The van der Waals surface area contributed by atoms with E-state index < -0.39 is 0 Å². The molecule has 0 aliphatic carbocycles. The van der Waals surface area contributed by atoms with Crippen LogP contribution in [0, 0.1) is 7.14 Å². The molecule has 0 spiro atoms. The maximum absolute atomic E-state index is 13.0. The largest absolute Gasteiger partial charge is 0.506 e. The summed E-state index contributed by atoms with van der Waals surface area (Å²) >= 11 is 4.26. The van der Waals surface area contributed by atoms with E-state index in [-0.39, 0.29) is 11.8 Å². The number of likely N-dealkylation sites (N-methyl/N-ethyl adjacent to an activating group) is 1. The first kappa shape index (κ1) is 19.5. The van der Waals surface area contributed by atoms with E-state index in [9.17, 15) is 9.90 Å². The molecule has 3 nitrogen and oxygen atoms in total. The molecule has 1 unspecified atom stereocenters. The normalized spacial score (nSPS) is 12.0. The number of aromatic hydroxyl groups is 1. The second kappa shape index (κ2) is 9.03. The summed E-state index contributed by atoms with van der Waals surface area (Å²) in [6.45, 7) is 5.44. The van der Waals surface area contributed by atoms with Gasteiger partial charge in [-0.1, -0.05) is 30.3 Å². The summed E-state index contributed by atoms with van der Waals surface area (Å²) in [6.07, 6.45) is 0.631. The summed E-state index contributed by atoms with van der Waals surface area (Å²) in [6, 6.07) is 13.9. The van der Waals surface area contributed by atoms with Crippen molar-refractivity contribution in [2.24, 2.45) is 0 Å². The van der Waals surface area contributed by atoms with Crippen molar-refractivity contribution in [2.75, 3.05) is 13.1 Å². The van der Waals surface area contributed by atoms with Crippen LogP contribution in [0.5, 0.6) is 5.75 Å². The number of halogens is 2. The lowest BCUT2D eigenvalue weighted by Crippen LogP contribution is -2.35. The number of hydrogen-bond donors (Lipinski definition) is 1. The number of benzene rings is 2. The van der Waals surface area contributed by atoms with Crippen LogP contribution in [0.15, 0.2) is 42.5 Å². The van der Waals surface area contributed by atoms with Crippen LogP contribution in [0.25, 0.3) is 0 Å². The lowest BCUT2D eigenvalue weighted by molar-refractivity contribution is -0.132. The molecule has 1 amide bonds. The van der Waals surface area contributed by atoms with E-state index >= 15 is 0 Å². The Balaban J connectivity index is 2.38. The molecule has 1 N–H and O–H groups in total. The highest BCUT2D eigenvalue weighted by Crippen LogP contribution is 2.30. The highest BCUT2D eigenvalue weighted by molar-refractivity contribution is 14.1. The van der Waals surface area contributed by atoms with Crippen LogP contribution in [0.1, 0.15) is 30.9 Å². The summed E-state index contributed by atoms with van der Waals surface area (Å²) < 4.78 is 1.63. The van der Waals surface area contributed by atoms with Crippen molar-refractivity contribution in [1.29, 1.82) is 0 Å². The Bertz CT molecular complexity index is 677. The number of hydrogen-bond acceptors (Lipinski definition) is 2. The maximum atomic E-state index is 13.0. The van der Waals surface area contributed by atoms with Crippen LogP contribution >= 0.6 is 45.2 Å². The van der Waals surface area contributed by atoms with Crippen LogP contribution in [-0.2, 0) is 11.2 Å². The number of amides is 1. The van der Waals surface area contributed by atoms with Gasteiger partial charge < -0.3 is 10.0 Å². The second-order valence-corrected chi connectivity index (χ2v) is 7.91. The molecule has 5 heteroatoms. The van der Waals surface area contributed by atoms with Crippen LogP contribution in [0.4, 0.5) is 0 Å². The first-order chi connectivity index (χ1) is 11.5. The summed E-state index contributed by atoms with van der Waals surface area (Å²) in [7, 11) is 0. The molecule has 0 saturated carbocycles. The number of carbonyl (C=O) groups is 1. The summed E-state index contributed by atoms with van der Waals surface area (Å²) in [5.41, 5.74) is 2.10. The lowest BCUT2D eigenvalue weighted by Gasteiger charge is -2.26. The van der Waals surface area contributed by atoms with Crippen molar-refractivity contribution in [1.82, 2.24) is 4.90 Å². The van der Waals surface area contributed by atoms with Crippen molar-refractivity contribution in [3.8, 4) is 5.75 Å². The van der Waals surface area contributed by atoms with Crippen molar-refractivity contribution in [2.45, 2.75) is 26.2 Å². The van der Waals surface area contributed by atoms with Gasteiger partial charge in [-0.3, -0.25) is 4.79 Å². The van der Waals surface area contributed by atoms with Gasteiger partial charge in [0.2, 0.25) is 5.91 Å². The topological polar surface area (TPSA) is 40.5 Å². The highest BCUT2D eigenvalue weighted by atomic mass is 127. The summed E-state index contributed by atoms with van der Waals surface area (Å²) in [4.78, 5) is 14.9. The highest BCUT2D eigenvalue weighted by Gasteiger charge is 2.25. The minimum Gasteiger partial charge on any atom is -0.506 e. The number of phenolic OH excluding ortho intramolecular Hbond substituents is 1. The fourth-order valence-electron chi connectivity index (χ4n) is 2.76. The Kier molecular flexibility index (Phi) is 7.34. The Morgan fingerprint density at radius 3 is 2.12 bits per heavy atom. The smallest absolute Gasteiger partial charge is 0.230 e. The van der Waals surface area contributed by atoms with Crippen LogP contribution in [0.2, 0.25) is 0 Å². The molecule has 0 heterocycles. The Labute approximate surface area is 170 Å². The Morgan fingerprint density at radius 2 is 1.62 bits per heavy atom. The van der Waals surface area contributed by atoms with E-state index in [1.165, 1.54) is 0 Å². The second-order valence-electron chi connectivity index (χ2n) is 5.59. The van der Waals surface area contributed by atoms with E-state index in [0.717, 1.165) is 18.3 Å². The third-order valence-electron chi connectivity index (χ3n) is 4.09.